The highest BCUT2D eigenvalue weighted by Crippen LogP contribution is 2.36. The normalized spacial score (nSPS) is 11.4. The molecule has 10 aromatic rings. The summed E-state index contributed by atoms with van der Waals surface area (Å²) >= 11 is 0. The van der Waals surface area contributed by atoms with Gasteiger partial charge in [-0.05, 0) is 74.5 Å². The van der Waals surface area contributed by atoms with Gasteiger partial charge in [-0.2, -0.15) is 0 Å². The predicted octanol–water partition coefficient (Wildman–Crippen LogP) is 12.9. The van der Waals surface area contributed by atoms with Crippen molar-refractivity contribution in [2.75, 3.05) is 0 Å². The lowest BCUT2D eigenvalue weighted by Crippen LogP contribution is -2.00. The summed E-state index contributed by atoms with van der Waals surface area (Å²) in [6, 6.07) is 65.3. The number of aromatic nitrogens is 3. The number of fused-ring (bicyclic) bond motifs is 4. The maximum absolute atomic E-state index is 6.51. The highest BCUT2D eigenvalue weighted by atomic mass is 16.3. The molecule has 2 heterocycles. The molecule has 53 heavy (non-hydrogen) atoms. The molecular formula is C49H31N3O. The topological polar surface area (TPSA) is 51.8 Å². The van der Waals surface area contributed by atoms with Crippen LogP contribution in [0.4, 0.5) is 0 Å². The lowest BCUT2D eigenvalue weighted by atomic mass is 9.99. The monoisotopic (exact) mass is 677 g/mol. The Labute approximate surface area is 306 Å². The van der Waals surface area contributed by atoms with Crippen molar-refractivity contribution in [2.24, 2.45) is 0 Å². The molecule has 0 saturated heterocycles. The van der Waals surface area contributed by atoms with Crippen LogP contribution < -0.4 is 0 Å². The summed E-state index contributed by atoms with van der Waals surface area (Å²) in [7, 11) is 0. The van der Waals surface area contributed by atoms with E-state index in [1.807, 2.05) is 42.5 Å². The second-order valence-corrected chi connectivity index (χ2v) is 13.3. The zero-order valence-electron chi connectivity index (χ0n) is 28.6. The lowest BCUT2D eigenvalue weighted by Gasteiger charge is -2.09. The van der Waals surface area contributed by atoms with E-state index in [2.05, 4.69) is 146 Å². The summed E-state index contributed by atoms with van der Waals surface area (Å²) in [4.78, 5) is 15.0. The molecule has 0 fully saturated rings. The Hall–Kier alpha value is -7.17. The van der Waals surface area contributed by atoms with E-state index in [1.54, 1.807) is 0 Å². The van der Waals surface area contributed by atoms with Crippen LogP contribution in [0.5, 0.6) is 0 Å². The highest BCUT2D eigenvalue weighted by Gasteiger charge is 2.15. The van der Waals surface area contributed by atoms with Gasteiger partial charge in [-0.1, -0.05) is 158 Å². The molecule has 4 heteroatoms. The second-order valence-electron chi connectivity index (χ2n) is 13.3. The largest absolute Gasteiger partial charge is 0.456 e. The average molecular weight is 678 g/mol. The molecule has 0 radical (unpaired) electrons. The number of nitrogens with zero attached hydrogens (tertiary/aromatic N) is 3. The fraction of sp³-hybridized carbons (Fsp3) is 0. The molecule has 0 N–H and O–H groups in total. The summed E-state index contributed by atoms with van der Waals surface area (Å²) in [5.74, 6) is 1.83. The van der Waals surface area contributed by atoms with Crippen molar-refractivity contribution in [2.45, 2.75) is 0 Å². The Bertz CT molecular complexity index is 2910. The SMILES string of the molecule is c1ccc(-c2ccc(-c3ccc(-c4nc(-c5ccccc5)nc(-c5ccc6c(c5)oc5cc(-c7ccc8ccccc8c7)ccc56)n4)cc3)cc2)cc1. The van der Waals surface area contributed by atoms with Crippen LogP contribution in [-0.4, -0.2) is 15.0 Å². The number of hydrogen-bond donors (Lipinski definition) is 0. The fourth-order valence-electron chi connectivity index (χ4n) is 7.11. The van der Waals surface area contributed by atoms with E-state index >= 15 is 0 Å². The Balaban J connectivity index is 1.01. The Kier molecular flexibility index (Phi) is 7.43. The molecule has 8 aromatic carbocycles. The molecule has 2 aromatic heterocycles. The molecule has 0 unspecified atom stereocenters. The number of benzene rings is 8. The minimum Gasteiger partial charge on any atom is -0.456 e. The first kappa shape index (κ1) is 30.6. The van der Waals surface area contributed by atoms with Crippen molar-refractivity contribution in [1.29, 1.82) is 0 Å². The zero-order chi connectivity index (χ0) is 35.1. The standard InChI is InChI=1S/C49H31N3O/c1-3-9-32(10-4-1)34-15-17-35(18-16-34)36-19-22-38(23-20-36)48-50-47(37-12-5-2-6-13-37)51-49(52-48)42-26-28-44-43-27-25-41(30-45(43)53-46(44)31-42)40-24-21-33-11-7-8-14-39(33)29-40/h1-31H. The molecule has 248 valence electrons. The van der Waals surface area contributed by atoms with Gasteiger partial charge < -0.3 is 4.42 Å². The summed E-state index contributed by atoms with van der Waals surface area (Å²) < 4.78 is 6.51. The van der Waals surface area contributed by atoms with Crippen LogP contribution in [0, 0.1) is 0 Å². The van der Waals surface area contributed by atoms with Gasteiger partial charge in [0, 0.05) is 27.5 Å². The van der Waals surface area contributed by atoms with E-state index in [1.165, 1.54) is 21.9 Å². The second kappa shape index (κ2) is 12.9. The third-order valence-corrected chi connectivity index (χ3v) is 9.95. The van der Waals surface area contributed by atoms with Crippen molar-refractivity contribution in [3.8, 4) is 67.5 Å². The maximum Gasteiger partial charge on any atom is 0.164 e. The Morgan fingerprint density at radius 2 is 0.642 bits per heavy atom. The molecule has 0 amide bonds. The van der Waals surface area contributed by atoms with Gasteiger partial charge in [-0.3, -0.25) is 0 Å². The molecule has 0 spiro atoms. The molecule has 10 rings (SSSR count). The van der Waals surface area contributed by atoms with Gasteiger partial charge in [0.2, 0.25) is 0 Å². The van der Waals surface area contributed by atoms with Gasteiger partial charge in [-0.25, -0.2) is 15.0 Å². The Morgan fingerprint density at radius 3 is 1.25 bits per heavy atom. The molecule has 4 nitrogen and oxygen atoms in total. The van der Waals surface area contributed by atoms with E-state index in [9.17, 15) is 0 Å². The van der Waals surface area contributed by atoms with E-state index in [0.717, 1.165) is 60.9 Å². The van der Waals surface area contributed by atoms with Crippen molar-refractivity contribution < 1.29 is 4.42 Å². The summed E-state index contributed by atoms with van der Waals surface area (Å²) in [6.45, 7) is 0. The van der Waals surface area contributed by atoms with E-state index in [-0.39, 0.29) is 0 Å². The van der Waals surface area contributed by atoms with Gasteiger partial charge in [0.1, 0.15) is 11.2 Å². The van der Waals surface area contributed by atoms with Gasteiger partial charge >= 0.3 is 0 Å². The first-order valence-electron chi connectivity index (χ1n) is 17.8. The quantitative estimate of drug-likeness (QED) is 0.176. The third-order valence-electron chi connectivity index (χ3n) is 9.95. The van der Waals surface area contributed by atoms with E-state index in [4.69, 9.17) is 19.4 Å². The molecule has 0 bridgehead atoms. The number of hydrogen-bond acceptors (Lipinski definition) is 4. The van der Waals surface area contributed by atoms with Crippen LogP contribution in [-0.2, 0) is 0 Å². The van der Waals surface area contributed by atoms with Gasteiger partial charge in [0.15, 0.2) is 17.5 Å². The van der Waals surface area contributed by atoms with Crippen LogP contribution in [0.2, 0.25) is 0 Å². The minimum atomic E-state index is 0.591. The molecule has 0 atom stereocenters. The van der Waals surface area contributed by atoms with Crippen molar-refractivity contribution >= 4 is 32.7 Å². The summed E-state index contributed by atoms with van der Waals surface area (Å²) in [5.41, 5.74) is 11.3. The molecule has 0 aliphatic carbocycles. The Morgan fingerprint density at radius 1 is 0.264 bits per heavy atom. The fourth-order valence-corrected chi connectivity index (χ4v) is 7.11. The predicted molar refractivity (Wildman–Crippen MR) is 217 cm³/mol. The van der Waals surface area contributed by atoms with Crippen molar-refractivity contribution in [3.63, 3.8) is 0 Å². The minimum absolute atomic E-state index is 0.591. The number of rotatable bonds is 6. The van der Waals surface area contributed by atoms with Crippen molar-refractivity contribution in [3.05, 3.63) is 188 Å². The first-order valence-corrected chi connectivity index (χ1v) is 17.8. The maximum atomic E-state index is 6.51. The van der Waals surface area contributed by atoms with Crippen LogP contribution in [0.25, 0.3) is 100 Å². The molecular weight excluding hydrogens is 647 g/mol. The molecule has 0 aliphatic rings. The lowest BCUT2D eigenvalue weighted by molar-refractivity contribution is 0.669. The van der Waals surface area contributed by atoms with Crippen LogP contribution in [0.1, 0.15) is 0 Å². The smallest absolute Gasteiger partial charge is 0.164 e. The van der Waals surface area contributed by atoms with Crippen LogP contribution in [0.15, 0.2) is 192 Å². The van der Waals surface area contributed by atoms with Gasteiger partial charge in [-0.15, -0.1) is 0 Å². The van der Waals surface area contributed by atoms with Gasteiger partial charge in [0.25, 0.3) is 0 Å². The van der Waals surface area contributed by atoms with E-state index in [0.29, 0.717) is 17.5 Å². The third kappa shape index (κ3) is 5.82. The summed E-state index contributed by atoms with van der Waals surface area (Å²) in [6.07, 6.45) is 0. The van der Waals surface area contributed by atoms with Crippen LogP contribution in [0.3, 0.4) is 0 Å². The highest BCUT2D eigenvalue weighted by molar-refractivity contribution is 6.07. The van der Waals surface area contributed by atoms with E-state index < -0.39 is 0 Å². The summed E-state index contributed by atoms with van der Waals surface area (Å²) in [5, 5.41) is 4.58. The average Bonchev–Trinajstić information content (AvgIpc) is 3.61. The van der Waals surface area contributed by atoms with Crippen LogP contribution >= 0.6 is 0 Å². The zero-order valence-corrected chi connectivity index (χ0v) is 28.6. The van der Waals surface area contributed by atoms with Gasteiger partial charge in [0.05, 0.1) is 0 Å². The first-order chi connectivity index (χ1) is 26.2. The van der Waals surface area contributed by atoms with Crippen molar-refractivity contribution in [1.82, 2.24) is 15.0 Å². The molecule has 0 saturated carbocycles. The molecule has 0 aliphatic heterocycles. The number of furan rings is 1.